The van der Waals surface area contributed by atoms with Gasteiger partial charge in [0.25, 0.3) is 0 Å². The third-order valence-corrected chi connectivity index (χ3v) is 2.64. The number of nitrogens with two attached hydrogens (primary N) is 1. The second kappa shape index (κ2) is 5.82. The second-order valence-electron chi connectivity index (χ2n) is 5.16. The van der Waals surface area contributed by atoms with Gasteiger partial charge in [-0.1, -0.05) is 19.9 Å². The van der Waals surface area contributed by atoms with Crippen LogP contribution in [-0.4, -0.2) is 31.1 Å². The molecule has 0 heterocycles. The fraction of sp³-hybridized carbons (Fsp3) is 0.462. The number of hydrogen-bond donors (Lipinski definition) is 2. The first kappa shape index (κ1) is 14.4. The Hall–Kier alpha value is -1.62. The Morgan fingerprint density at radius 2 is 2.17 bits per heavy atom. The highest BCUT2D eigenvalue weighted by molar-refractivity contribution is 5.89. The lowest BCUT2D eigenvalue weighted by atomic mass is 9.93. The zero-order chi connectivity index (χ0) is 13.8. The minimum atomic E-state index is -0.377. The molecule has 0 radical (unpaired) electrons. The predicted molar refractivity (Wildman–Crippen MR) is 70.9 cm³/mol. The average Bonchev–Trinajstić information content (AvgIpc) is 2.28. The van der Waals surface area contributed by atoms with Crippen LogP contribution in [0.2, 0.25) is 0 Å². The number of benzene rings is 1. The third kappa shape index (κ3) is 4.33. The van der Waals surface area contributed by atoms with Gasteiger partial charge in [0.1, 0.15) is 5.82 Å². The molecule has 0 saturated carbocycles. The number of nitrogens with one attached hydrogen (secondary N) is 1. The molecule has 0 unspecified atom stereocenters. The lowest BCUT2D eigenvalue weighted by molar-refractivity contribution is 0.197. The van der Waals surface area contributed by atoms with Crippen LogP contribution < -0.4 is 11.1 Å². The topological polar surface area (TPSA) is 58.4 Å². The summed E-state index contributed by atoms with van der Waals surface area (Å²) in [6, 6.07) is 5.52. The van der Waals surface area contributed by atoms with Gasteiger partial charge >= 0.3 is 6.03 Å². The van der Waals surface area contributed by atoms with E-state index in [1.165, 1.54) is 17.0 Å². The van der Waals surface area contributed by atoms with E-state index in [0.717, 1.165) is 0 Å². The highest BCUT2D eigenvalue weighted by atomic mass is 19.1. The highest BCUT2D eigenvalue weighted by Gasteiger charge is 2.21. The molecule has 5 heteroatoms. The molecule has 18 heavy (non-hydrogen) atoms. The van der Waals surface area contributed by atoms with Crippen molar-refractivity contribution in [2.24, 2.45) is 11.1 Å². The van der Waals surface area contributed by atoms with E-state index >= 15 is 0 Å². The van der Waals surface area contributed by atoms with Crippen LogP contribution in [0.3, 0.4) is 0 Å². The monoisotopic (exact) mass is 253 g/mol. The van der Waals surface area contributed by atoms with Crippen molar-refractivity contribution < 1.29 is 9.18 Å². The molecule has 0 bridgehead atoms. The van der Waals surface area contributed by atoms with Crippen LogP contribution in [0.4, 0.5) is 14.9 Å². The molecule has 0 aromatic heterocycles. The van der Waals surface area contributed by atoms with Gasteiger partial charge in [0.15, 0.2) is 0 Å². The van der Waals surface area contributed by atoms with E-state index < -0.39 is 0 Å². The molecule has 1 aromatic rings. The third-order valence-electron chi connectivity index (χ3n) is 2.64. The first-order valence-corrected chi connectivity index (χ1v) is 5.82. The van der Waals surface area contributed by atoms with Gasteiger partial charge in [0.05, 0.1) is 0 Å². The van der Waals surface area contributed by atoms with Crippen molar-refractivity contribution in [2.75, 3.05) is 25.5 Å². The summed E-state index contributed by atoms with van der Waals surface area (Å²) in [5, 5.41) is 2.64. The van der Waals surface area contributed by atoms with Crippen LogP contribution in [0.5, 0.6) is 0 Å². The molecule has 2 amide bonds. The maximum Gasteiger partial charge on any atom is 0.321 e. The van der Waals surface area contributed by atoms with E-state index in [0.29, 0.717) is 18.8 Å². The van der Waals surface area contributed by atoms with Crippen LogP contribution in [0.1, 0.15) is 13.8 Å². The summed E-state index contributed by atoms with van der Waals surface area (Å²) in [4.78, 5) is 13.4. The quantitative estimate of drug-likeness (QED) is 0.864. The Kier molecular flexibility index (Phi) is 4.67. The number of amides is 2. The second-order valence-corrected chi connectivity index (χ2v) is 5.16. The molecule has 1 aromatic carbocycles. The number of anilines is 1. The molecule has 1 rings (SSSR count). The Morgan fingerprint density at radius 3 is 2.72 bits per heavy atom. The standard InChI is InChI=1S/C13H20FN3O/c1-13(2,8-15)9-17(3)12(18)16-11-6-4-5-10(14)7-11/h4-7H,8-9,15H2,1-3H3,(H,16,18). The minimum Gasteiger partial charge on any atom is -0.330 e. The van der Waals surface area contributed by atoms with Gasteiger partial charge in [-0.2, -0.15) is 0 Å². The van der Waals surface area contributed by atoms with E-state index in [2.05, 4.69) is 5.32 Å². The number of carbonyl (C=O) groups is 1. The van der Waals surface area contributed by atoms with Crippen LogP contribution in [0, 0.1) is 11.2 Å². The largest absolute Gasteiger partial charge is 0.330 e. The van der Waals surface area contributed by atoms with Crippen LogP contribution in [0.15, 0.2) is 24.3 Å². The Bertz CT molecular complexity index is 420. The van der Waals surface area contributed by atoms with Gasteiger partial charge in [0, 0.05) is 19.3 Å². The van der Waals surface area contributed by atoms with Crippen molar-refractivity contribution in [3.05, 3.63) is 30.1 Å². The van der Waals surface area contributed by atoms with Gasteiger partial charge in [-0.25, -0.2) is 9.18 Å². The Morgan fingerprint density at radius 1 is 1.50 bits per heavy atom. The number of rotatable bonds is 4. The maximum absolute atomic E-state index is 13.0. The van der Waals surface area contributed by atoms with Crippen molar-refractivity contribution in [2.45, 2.75) is 13.8 Å². The zero-order valence-corrected chi connectivity index (χ0v) is 11.0. The summed E-state index contributed by atoms with van der Waals surface area (Å²) in [7, 11) is 1.69. The van der Waals surface area contributed by atoms with E-state index in [9.17, 15) is 9.18 Å². The first-order valence-electron chi connectivity index (χ1n) is 5.82. The number of hydrogen-bond acceptors (Lipinski definition) is 2. The molecule has 0 aliphatic rings. The summed E-state index contributed by atoms with van der Waals surface area (Å²) in [5.41, 5.74) is 5.92. The molecular weight excluding hydrogens is 233 g/mol. The molecular formula is C13H20FN3O. The predicted octanol–water partition coefficient (Wildman–Crippen LogP) is 2.27. The van der Waals surface area contributed by atoms with Crippen LogP contribution in [0.25, 0.3) is 0 Å². The summed E-state index contributed by atoms with van der Waals surface area (Å²) < 4.78 is 13.0. The number of carbonyl (C=O) groups excluding carboxylic acids is 1. The van der Waals surface area contributed by atoms with E-state index in [-0.39, 0.29) is 17.3 Å². The normalized spacial score (nSPS) is 11.2. The Balaban J connectivity index is 2.60. The van der Waals surface area contributed by atoms with Crippen molar-refractivity contribution in [1.82, 2.24) is 4.90 Å². The zero-order valence-electron chi connectivity index (χ0n) is 11.0. The number of urea groups is 1. The van der Waals surface area contributed by atoms with Gasteiger partial charge in [-0.05, 0) is 30.2 Å². The molecule has 100 valence electrons. The summed E-state index contributed by atoms with van der Waals surface area (Å²) >= 11 is 0. The smallest absolute Gasteiger partial charge is 0.321 e. The molecule has 0 saturated heterocycles. The summed E-state index contributed by atoms with van der Waals surface area (Å²) in [5.74, 6) is -0.377. The lowest BCUT2D eigenvalue weighted by Crippen LogP contribution is -2.41. The molecule has 0 spiro atoms. The molecule has 0 aliphatic carbocycles. The maximum atomic E-state index is 13.0. The average molecular weight is 253 g/mol. The summed E-state index contributed by atoms with van der Waals surface area (Å²) in [6.07, 6.45) is 0. The number of halogens is 1. The molecule has 0 aliphatic heterocycles. The molecule has 0 fully saturated rings. The number of nitrogens with zero attached hydrogens (tertiary/aromatic N) is 1. The van der Waals surface area contributed by atoms with Gasteiger partial charge in [0.2, 0.25) is 0 Å². The fourth-order valence-electron chi connectivity index (χ4n) is 1.56. The van der Waals surface area contributed by atoms with Gasteiger partial charge in [-0.15, -0.1) is 0 Å². The molecule has 3 N–H and O–H groups in total. The van der Waals surface area contributed by atoms with Crippen LogP contribution >= 0.6 is 0 Å². The SMILES string of the molecule is CN(CC(C)(C)CN)C(=O)Nc1cccc(F)c1. The van der Waals surface area contributed by atoms with Crippen molar-refractivity contribution in [3.63, 3.8) is 0 Å². The van der Waals surface area contributed by atoms with Crippen molar-refractivity contribution >= 4 is 11.7 Å². The van der Waals surface area contributed by atoms with Crippen molar-refractivity contribution in [1.29, 1.82) is 0 Å². The first-order chi connectivity index (χ1) is 8.34. The van der Waals surface area contributed by atoms with Crippen LogP contribution in [-0.2, 0) is 0 Å². The molecule has 4 nitrogen and oxygen atoms in total. The Labute approximate surface area is 107 Å². The van der Waals surface area contributed by atoms with E-state index in [1.807, 2.05) is 13.8 Å². The fourth-order valence-corrected chi connectivity index (χ4v) is 1.56. The van der Waals surface area contributed by atoms with E-state index in [1.54, 1.807) is 19.2 Å². The minimum absolute atomic E-state index is 0.145. The lowest BCUT2D eigenvalue weighted by Gasteiger charge is -2.29. The van der Waals surface area contributed by atoms with E-state index in [4.69, 9.17) is 5.73 Å². The van der Waals surface area contributed by atoms with Gasteiger partial charge < -0.3 is 16.0 Å². The van der Waals surface area contributed by atoms with Gasteiger partial charge in [-0.3, -0.25) is 0 Å². The van der Waals surface area contributed by atoms with Crippen molar-refractivity contribution in [3.8, 4) is 0 Å². The summed E-state index contributed by atoms with van der Waals surface area (Å²) in [6.45, 7) is 4.99. The molecule has 0 atom stereocenters. The highest BCUT2D eigenvalue weighted by Crippen LogP contribution is 2.15.